The van der Waals surface area contributed by atoms with Crippen LogP contribution in [0.4, 0.5) is 0 Å². The van der Waals surface area contributed by atoms with Gasteiger partial charge in [-0.2, -0.15) is 0 Å². The number of hydrogen-bond acceptors (Lipinski definition) is 1. The van der Waals surface area contributed by atoms with Crippen LogP contribution >= 0.6 is 0 Å². The van der Waals surface area contributed by atoms with Crippen LogP contribution in [0, 0.1) is 5.92 Å². The number of allylic oxidation sites excluding steroid dienone is 1. The Morgan fingerprint density at radius 2 is 2.08 bits per heavy atom. The fraction of sp³-hybridized carbons (Fsp3) is 0.750. The van der Waals surface area contributed by atoms with Crippen LogP contribution < -0.4 is 0 Å². The van der Waals surface area contributed by atoms with Gasteiger partial charge in [-0.05, 0) is 24.8 Å². The molecule has 0 N–H and O–H groups in total. The molecule has 1 aliphatic heterocycles. The molecule has 2 atom stereocenters. The minimum Gasteiger partial charge on any atom is -0.289 e. The summed E-state index contributed by atoms with van der Waals surface area (Å²) in [6.07, 6.45) is 9.36. The highest BCUT2D eigenvalue weighted by molar-refractivity contribution is 5.66. The maximum atomic E-state index is 4.63. The molecule has 13 heavy (non-hydrogen) atoms. The van der Waals surface area contributed by atoms with E-state index in [0.717, 1.165) is 0 Å². The summed E-state index contributed by atoms with van der Waals surface area (Å²) < 4.78 is 0. The summed E-state index contributed by atoms with van der Waals surface area (Å²) in [4.78, 5) is 4.63. The normalized spacial score (nSPS) is 27.5. The molecule has 2 unspecified atom stereocenters. The molecule has 0 aliphatic carbocycles. The van der Waals surface area contributed by atoms with Gasteiger partial charge in [0.15, 0.2) is 0 Å². The number of rotatable bonds is 4. The molecule has 1 nitrogen and oxygen atoms in total. The maximum Gasteiger partial charge on any atom is 0.0705 e. The van der Waals surface area contributed by atoms with Crippen LogP contribution in [0.3, 0.4) is 0 Å². The van der Waals surface area contributed by atoms with E-state index in [1.54, 1.807) is 5.57 Å². The standard InChI is InChI=1S/C12H21N/c1-4-7-12-11(6-3)8-10(5-2)9-13-12/h8-10,12H,4-7H2,1-3H3. The second-order valence-electron chi connectivity index (χ2n) is 3.77. The highest BCUT2D eigenvalue weighted by atomic mass is 14.8. The largest absolute Gasteiger partial charge is 0.289 e. The van der Waals surface area contributed by atoms with Crippen LogP contribution in [-0.4, -0.2) is 12.3 Å². The summed E-state index contributed by atoms with van der Waals surface area (Å²) in [5.74, 6) is 0.600. The molecular formula is C12H21N. The Labute approximate surface area is 82.0 Å². The summed E-state index contributed by atoms with van der Waals surface area (Å²) in [6, 6.07) is 0.498. The average Bonchev–Trinajstić information content (AvgIpc) is 2.19. The first-order chi connectivity index (χ1) is 6.31. The van der Waals surface area contributed by atoms with Gasteiger partial charge in [0.1, 0.15) is 0 Å². The van der Waals surface area contributed by atoms with Crippen LogP contribution in [0.15, 0.2) is 16.6 Å². The first-order valence-corrected chi connectivity index (χ1v) is 5.55. The molecule has 0 fully saturated rings. The van der Waals surface area contributed by atoms with E-state index in [0.29, 0.717) is 12.0 Å². The molecule has 0 aromatic carbocycles. The van der Waals surface area contributed by atoms with E-state index in [2.05, 4.69) is 38.1 Å². The lowest BCUT2D eigenvalue weighted by molar-refractivity contribution is 0.630. The van der Waals surface area contributed by atoms with Crippen molar-refractivity contribution in [2.75, 3.05) is 0 Å². The van der Waals surface area contributed by atoms with Crippen molar-refractivity contribution in [2.45, 2.75) is 52.5 Å². The molecule has 0 saturated carbocycles. The SMILES string of the molecule is CCCC1N=CC(CC)C=C1CC. The maximum absolute atomic E-state index is 4.63. The first kappa shape index (κ1) is 10.5. The van der Waals surface area contributed by atoms with E-state index in [1.165, 1.54) is 25.7 Å². The molecule has 1 aliphatic rings. The number of nitrogens with zero attached hydrogens (tertiary/aromatic N) is 1. The second kappa shape index (κ2) is 5.21. The van der Waals surface area contributed by atoms with Gasteiger partial charge in [-0.3, -0.25) is 4.99 Å². The third-order valence-corrected chi connectivity index (χ3v) is 2.76. The molecular weight excluding hydrogens is 158 g/mol. The average molecular weight is 179 g/mol. The minimum absolute atomic E-state index is 0.498. The molecule has 1 heterocycles. The van der Waals surface area contributed by atoms with Crippen molar-refractivity contribution in [1.29, 1.82) is 0 Å². The van der Waals surface area contributed by atoms with E-state index in [9.17, 15) is 0 Å². The molecule has 0 radical (unpaired) electrons. The van der Waals surface area contributed by atoms with Crippen molar-refractivity contribution >= 4 is 6.21 Å². The third kappa shape index (κ3) is 2.68. The Morgan fingerprint density at radius 3 is 2.62 bits per heavy atom. The molecule has 74 valence electrons. The van der Waals surface area contributed by atoms with Gasteiger partial charge in [0, 0.05) is 12.1 Å². The first-order valence-electron chi connectivity index (χ1n) is 5.55. The summed E-state index contributed by atoms with van der Waals surface area (Å²) >= 11 is 0. The topological polar surface area (TPSA) is 12.4 Å². The molecule has 0 aromatic rings. The zero-order valence-corrected chi connectivity index (χ0v) is 9.09. The van der Waals surface area contributed by atoms with E-state index in [1.807, 2.05) is 0 Å². The lowest BCUT2D eigenvalue weighted by atomic mass is 9.92. The van der Waals surface area contributed by atoms with Gasteiger partial charge in [-0.25, -0.2) is 0 Å². The van der Waals surface area contributed by atoms with Gasteiger partial charge in [0.2, 0.25) is 0 Å². The molecule has 1 heteroatoms. The Balaban J connectivity index is 2.63. The third-order valence-electron chi connectivity index (χ3n) is 2.76. The monoisotopic (exact) mass is 179 g/mol. The predicted octanol–water partition coefficient (Wildman–Crippen LogP) is 3.60. The van der Waals surface area contributed by atoms with Gasteiger partial charge in [0.05, 0.1) is 6.04 Å². The van der Waals surface area contributed by atoms with Gasteiger partial charge in [-0.15, -0.1) is 0 Å². The zero-order valence-electron chi connectivity index (χ0n) is 9.09. The Kier molecular flexibility index (Phi) is 4.20. The van der Waals surface area contributed by atoms with E-state index in [4.69, 9.17) is 0 Å². The summed E-state index contributed by atoms with van der Waals surface area (Å²) in [5.41, 5.74) is 1.55. The van der Waals surface area contributed by atoms with Crippen molar-refractivity contribution in [1.82, 2.24) is 0 Å². The number of hydrogen-bond donors (Lipinski definition) is 0. The number of dihydropyridines is 1. The van der Waals surface area contributed by atoms with Gasteiger partial charge < -0.3 is 0 Å². The van der Waals surface area contributed by atoms with Crippen LogP contribution in [0.25, 0.3) is 0 Å². The van der Waals surface area contributed by atoms with E-state index < -0.39 is 0 Å². The quantitative estimate of drug-likeness (QED) is 0.585. The number of aliphatic imine (C=N–C) groups is 1. The Bertz CT molecular complexity index is 203. The van der Waals surface area contributed by atoms with E-state index >= 15 is 0 Å². The van der Waals surface area contributed by atoms with Crippen LogP contribution in [0.2, 0.25) is 0 Å². The molecule has 0 amide bonds. The van der Waals surface area contributed by atoms with Crippen LogP contribution in [0.5, 0.6) is 0 Å². The lowest BCUT2D eigenvalue weighted by Gasteiger charge is -2.21. The summed E-state index contributed by atoms with van der Waals surface area (Å²) in [5, 5.41) is 0. The van der Waals surface area contributed by atoms with Crippen LogP contribution in [-0.2, 0) is 0 Å². The van der Waals surface area contributed by atoms with Gasteiger partial charge >= 0.3 is 0 Å². The van der Waals surface area contributed by atoms with Crippen molar-refractivity contribution in [3.05, 3.63) is 11.6 Å². The van der Waals surface area contributed by atoms with Gasteiger partial charge in [-0.1, -0.05) is 33.3 Å². The zero-order chi connectivity index (χ0) is 9.68. The van der Waals surface area contributed by atoms with Crippen LogP contribution in [0.1, 0.15) is 46.5 Å². The fourth-order valence-electron chi connectivity index (χ4n) is 1.85. The lowest BCUT2D eigenvalue weighted by Crippen LogP contribution is -2.16. The smallest absolute Gasteiger partial charge is 0.0705 e. The molecule has 1 rings (SSSR count). The van der Waals surface area contributed by atoms with Gasteiger partial charge in [0.25, 0.3) is 0 Å². The highest BCUT2D eigenvalue weighted by Gasteiger charge is 2.15. The summed E-state index contributed by atoms with van der Waals surface area (Å²) in [7, 11) is 0. The minimum atomic E-state index is 0.498. The molecule has 0 aromatic heterocycles. The molecule has 0 saturated heterocycles. The van der Waals surface area contributed by atoms with Crippen molar-refractivity contribution in [3.8, 4) is 0 Å². The Morgan fingerprint density at radius 1 is 1.31 bits per heavy atom. The van der Waals surface area contributed by atoms with Crippen molar-refractivity contribution < 1.29 is 0 Å². The summed E-state index contributed by atoms with van der Waals surface area (Å²) in [6.45, 7) is 6.69. The van der Waals surface area contributed by atoms with E-state index in [-0.39, 0.29) is 0 Å². The Hall–Kier alpha value is -0.590. The molecule has 0 bridgehead atoms. The second-order valence-corrected chi connectivity index (χ2v) is 3.77. The highest BCUT2D eigenvalue weighted by Crippen LogP contribution is 2.23. The predicted molar refractivity (Wildman–Crippen MR) is 59.3 cm³/mol. The van der Waals surface area contributed by atoms with Crippen molar-refractivity contribution in [2.24, 2.45) is 10.9 Å². The van der Waals surface area contributed by atoms with Crippen molar-refractivity contribution in [3.63, 3.8) is 0 Å². The fourth-order valence-corrected chi connectivity index (χ4v) is 1.85. The molecule has 0 spiro atoms.